The summed E-state index contributed by atoms with van der Waals surface area (Å²) < 4.78 is 43.7. The minimum atomic E-state index is -2.75. The molecule has 3 N–H and O–H groups in total. The average molecular weight is 581 g/mol. The second-order valence-corrected chi connectivity index (χ2v) is 10.8. The third-order valence-electron chi connectivity index (χ3n) is 7.53. The molecule has 2 aliphatic rings. The minimum Gasteiger partial charge on any atom is -0.339 e. The number of aromatic amines is 1. The van der Waals surface area contributed by atoms with Crippen molar-refractivity contribution < 1.29 is 22.8 Å². The van der Waals surface area contributed by atoms with Crippen molar-refractivity contribution >= 4 is 29.1 Å². The molecule has 0 spiro atoms. The smallest absolute Gasteiger partial charge is 0.270 e. The highest BCUT2D eigenvalue weighted by Gasteiger charge is 2.48. The summed E-state index contributed by atoms with van der Waals surface area (Å²) in [6, 6.07) is -0.494. The summed E-state index contributed by atoms with van der Waals surface area (Å²) in [5.74, 6) is -2.13. The first-order chi connectivity index (χ1) is 19.0. The Kier molecular flexibility index (Phi) is 7.71. The first kappa shape index (κ1) is 27.9. The molecule has 11 nitrogen and oxygen atoms in total. The van der Waals surface area contributed by atoms with Gasteiger partial charge in [0.1, 0.15) is 28.6 Å². The maximum absolute atomic E-state index is 14.9. The van der Waals surface area contributed by atoms with Gasteiger partial charge in [0, 0.05) is 11.8 Å². The molecule has 15 heteroatoms. The molecule has 214 valence electrons. The van der Waals surface area contributed by atoms with E-state index < -0.39 is 47.9 Å². The van der Waals surface area contributed by atoms with Crippen LogP contribution in [-0.2, 0) is 4.79 Å². The quantitative estimate of drug-likeness (QED) is 0.317. The molecule has 2 amide bonds. The number of rotatable bonds is 11. The molecule has 0 radical (unpaired) electrons. The SMILES string of the molecule is CC(c1cc(Cl)n[nH]c1=O)n1cc(NC(=O)C(NC(=O)c2ccnn2C(C)C(F)F)C(C2CC2)C2CC2)c(F)n1. The number of carbonyl (C=O) groups excluding carboxylic acids is 2. The molecule has 3 heterocycles. The number of hydrogen-bond acceptors (Lipinski definition) is 6. The normalized spacial score (nSPS) is 17.6. The fourth-order valence-electron chi connectivity index (χ4n) is 5.08. The molecule has 3 atom stereocenters. The van der Waals surface area contributed by atoms with Crippen LogP contribution in [0, 0.1) is 23.7 Å². The summed E-state index contributed by atoms with van der Waals surface area (Å²) in [5.41, 5.74) is -0.694. The molecular formula is C25H28ClF3N8O3. The third kappa shape index (κ3) is 5.76. The lowest BCUT2D eigenvalue weighted by atomic mass is 9.88. The van der Waals surface area contributed by atoms with Crippen LogP contribution < -0.4 is 16.2 Å². The number of anilines is 1. The van der Waals surface area contributed by atoms with Gasteiger partial charge in [-0.05, 0) is 69.4 Å². The second-order valence-electron chi connectivity index (χ2n) is 10.4. The van der Waals surface area contributed by atoms with Gasteiger partial charge in [0.15, 0.2) is 0 Å². The number of aromatic nitrogens is 6. The minimum absolute atomic E-state index is 0.0386. The molecule has 3 aromatic rings. The highest BCUT2D eigenvalue weighted by Crippen LogP contribution is 2.51. The summed E-state index contributed by atoms with van der Waals surface area (Å²) in [6.45, 7) is 2.84. The molecule has 0 bridgehead atoms. The zero-order chi connectivity index (χ0) is 28.7. The number of nitrogens with zero attached hydrogens (tertiary/aromatic N) is 5. The number of amides is 2. The van der Waals surface area contributed by atoms with Crippen molar-refractivity contribution in [2.45, 2.75) is 64.1 Å². The Morgan fingerprint density at radius 3 is 2.48 bits per heavy atom. The molecule has 40 heavy (non-hydrogen) atoms. The van der Waals surface area contributed by atoms with Gasteiger partial charge in [-0.25, -0.2) is 13.9 Å². The Morgan fingerprint density at radius 1 is 1.18 bits per heavy atom. The van der Waals surface area contributed by atoms with Crippen LogP contribution in [0.2, 0.25) is 5.15 Å². The van der Waals surface area contributed by atoms with E-state index in [-0.39, 0.29) is 39.9 Å². The van der Waals surface area contributed by atoms with Crippen molar-refractivity contribution in [2.24, 2.45) is 17.8 Å². The Morgan fingerprint density at radius 2 is 1.85 bits per heavy atom. The average Bonchev–Trinajstić information content (AvgIpc) is 3.85. The Labute approximate surface area is 231 Å². The fourth-order valence-corrected chi connectivity index (χ4v) is 5.24. The van der Waals surface area contributed by atoms with Crippen molar-refractivity contribution in [2.75, 3.05) is 5.32 Å². The van der Waals surface area contributed by atoms with E-state index in [4.69, 9.17) is 11.6 Å². The standard InChI is InChI=1S/C25H28ClF3N8O3/c1-11(15-9-18(26)33-34-23(15)38)36-10-16(22(29)35-36)31-25(40)20(19(13-3-4-13)14-5-6-14)32-24(39)17-7-8-30-37(17)12(2)21(27)28/h7-14,19-21H,3-6H2,1-2H3,(H,31,40)(H,32,39)(H,34,38). The Bertz CT molecular complexity index is 1450. The molecule has 5 rings (SSSR count). The summed E-state index contributed by atoms with van der Waals surface area (Å²) in [7, 11) is 0. The largest absolute Gasteiger partial charge is 0.339 e. The lowest BCUT2D eigenvalue weighted by molar-refractivity contribution is -0.119. The summed E-state index contributed by atoms with van der Waals surface area (Å²) in [6.07, 6.45) is 3.32. The number of H-pyrrole nitrogens is 1. The monoisotopic (exact) mass is 580 g/mol. The third-order valence-corrected chi connectivity index (χ3v) is 7.73. The highest BCUT2D eigenvalue weighted by atomic mass is 35.5. The van der Waals surface area contributed by atoms with Crippen LogP contribution in [0.5, 0.6) is 0 Å². The molecule has 2 fully saturated rings. The second kappa shape index (κ2) is 11.1. The number of alkyl halides is 2. The van der Waals surface area contributed by atoms with Gasteiger partial charge in [0.2, 0.25) is 5.91 Å². The summed E-state index contributed by atoms with van der Waals surface area (Å²) >= 11 is 5.88. The van der Waals surface area contributed by atoms with Gasteiger partial charge in [-0.2, -0.15) is 14.6 Å². The Balaban J connectivity index is 1.39. The summed E-state index contributed by atoms with van der Waals surface area (Å²) in [4.78, 5) is 39.0. The maximum atomic E-state index is 14.9. The van der Waals surface area contributed by atoms with E-state index in [1.807, 2.05) is 0 Å². The van der Waals surface area contributed by atoms with E-state index in [0.717, 1.165) is 30.4 Å². The van der Waals surface area contributed by atoms with Crippen LogP contribution in [0.1, 0.15) is 67.7 Å². The first-order valence-electron chi connectivity index (χ1n) is 13.0. The van der Waals surface area contributed by atoms with Crippen LogP contribution in [0.3, 0.4) is 0 Å². The van der Waals surface area contributed by atoms with Crippen LogP contribution in [-0.4, -0.2) is 54.0 Å². The number of halogens is 4. The number of hydrogen-bond donors (Lipinski definition) is 3. The molecule has 2 saturated carbocycles. The van der Waals surface area contributed by atoms with Crippen LogP contribution in [0.4, 0.5) is 18.9 Å². The topological polar surface area (TPSA) is 140 Å². The van der Waals surface area contributed by atoms with E-state index >= 15 is 0 Å². The van der Waals surface area contributed by atoms with Gasteiger partial charge in [-0.15, -0.1) is 5.10 Å². The molecule has 0 aliphatic heterocycles. The molecular weight excluding hydrogens is 553 g/mol. The Hall–Kier alpha value is -3.68. The molecule has 2 aliphatic carbocycles. The van der Waals surface area contributed by atoms with Crippen molar-refractivity contribution in [1.29, 1.82) is 0 Å². The van der Waals surface area contributed by atoms with Crippen LogP contribution in [0.25, 0.3) is 0 Å². The van der Waals surface area contributed by atoms with Crippen LogP contribution in [0.15, 0.2) is 29.3 Å². The zero-order valence-electron chi connectivity index (χ0n) is 21.7. The van der Waals surface area contributed by atoms with Crippen molar-refractivity contribution in [1.82, 2.24) is 35.1 Å². The predicted octanol–water partition coefficient (Wildman–Crippen LogP) is 3.56. The van der Waals surface area contributed by atoms with Gasteiger partial charge in [-0.3, -0.25) is 23.7 Å². The van der Waals surface area contributed by atoms with Crippen molar-refractivity contribution in [3.8, 4) is 0 Å². The molecule has 3 aromatic heterocycles. The van der Waals surface area contributed by atoms with Crippen molar-refractivity contribution in [3.05, 3.63) is 57.2 Å². The van der Waals surface area contributed by atoms with E-state index in [1.165, 1.54) is 36.1 Å². The maximum Gasteiger partial charge on any atom is 0.270 e. The highest BCUT2D eigenvalue weighted by molar-refractivity contribution is 6.29. The van der Waals surface area contributed by atoms with Gasteiger partial charge in [0.25, 0.3) is 23.8 Å². The van der Waals surface area contributed by atoms with Gasteiger partial charge in [0.05, 0.1) is 12.2 Å². The van der Waals surface area contributed by atoms with Gasteiger partial charge in [-0.1, -0.05) is 11.6 Å². The molecule has 3 unspecified atom stereocenters. The predicted molar refractivity (Wildman–Crippen MR) is 138 cm³/mol. The van der Waals surface area contributed by atoms with E-state index in [0.29, 0.717) is 0 Å². The first-order valence-corrected chi connectivity index (χ1v) is 13.4. The van der Waals surface area contributed by atoms with E-state index in [9.17, 15) is 27.6 Å². The lowest BCUT2D eigenvalue weighted by Crippen LogP contribution is -2.50. The van der Waals surface area contributed by atoms with E-state index in [2.05, 4.69) is 31.0 Å². The zero-order valence-corrected chi connectivity index (χ0v) is 22.4. The van der Waals surface area contributed by atoms with Crippen LogP contribution >= 0.6 is 11.6 Å². The van der Waals surface area contributed by atoms with Crippen molar-refractivity contribution in [3.63, 3.8) is 0 Å². The van der Waals surface area contributed by atoms with E-state index in [1.54, 1.807) is 6.92 Å². The van der Waals surface area contributed by atoms with Gasteiger partial charge >= 0.3 is 0 Å². The number of carbonyl (C=O) groups is 2. The fraction of sp³-hybridized carbons (Fsp3) is 0.520. The molecule has 0 aromatic carbocycles. The lowest BCUT2D eigenvalue weighted by Gasteiger charge is -2.27. The van der Waals surface area contributed by atoms with Gasteiger partial charge < -0.3 is 10.6 Å². The summed E-state index contributed by atoms with van der Waals surface area (Å²) in [5, 5.41) is 18.8. The number of nitrogens with one attached hydrogen (secondary N) is 3. The molecule has 0 saturated heterocycles.